The van der Waals surface area contributed by atoms with Crippen molar-refractivity contribution in [2.24, 2.45) is 0 Å². The first-order chi connectivity index (χ1) is 15.9. The lowest BCUT2D eigenvalue weighted by molar-refractivity contribution is -0.119. The van der Waals surface area contributed by atoms with Crippen molar-refractivity contribution < 1.29 is 18.0 Å². The fourth-order valence-electron chi connectivity index (χ4n) is 3.99. The molecule has 0 spiro atoms. The van der Waals surface area contributed by atoms with E-state index in [1.54, 1.807) is 0 Å². The van der Waals surface area contributed by atoms with E-state index in [4.69, 9.17) is 0 Å². The molecule has 0 unspecified atom stereocenters. The lowest BCUT2D eigenvalue weighted by atomic mass is 9.95. The zero-order chi connectivity index (χ0) is 23.3. The largest absolute Gasteiger partial charge is 0.353 e. The molecule has 33 heavy (non-hydrogen) atoms. The van der Waals surface area contributed by atoms with Gasteiger partial charge < -0.3 is 5.32 Å². The summed E-state index contributed by atoms with van der Waals surface area (Å²) >= 11 is 2.48. The second kappa shape index (κ2) is 10.9. The summed E-state index contributed by atoms with van der Waals surface area (Å²) in [7, 11) is -3.51. The lowest BCUT2D eigenvalue weighted by Crippen LogP contribution is -2.37. The number of sulfonamides is 1. The van der Waals surface area contributed by atoms with E-state index < -0.39 is 15.9 Å². The molecule has 12 heteroatoms. The average Bonchev–Trinajstić information content (AvgIpc) is 3.51. The van der Waals surface area contributed by atoms with Gasteiger partial charge in [0, 0.05) is 24.7 Å². The van der Waals surface area contributed by atoms with Gasteiger partial charge in [-0.1, -0.05) is 42.4 Å². The van der Waals surface area contributed by atoms with Gasteiger partial charge in [0.1, 0.15) is 0 Å². The van der Waals surface area contributed by atoms with Crippen LogP contribution in [0.15, 0.2) is 33.5 Å². The minimum absolute atomic E-state index is 0.0170. The van der Waals surface area contributed by atoms with Crippen molar-refractivity contribution >= 4 is 50.1 Å². The van der Waals surface area contributed by atoms with Gasteiger partial charge in [-0.15, -0.1) is 10.2 Å². The van der Waals surface area contributed by atoms with E-state index in [0.717, 1.165) is 38.5 Å². The second-order valence-corrected chi connectivity index (χ2v) is 12.3. The molecule has 2 aromatic rings. The zero-order valence-electron chi connectivity index (χ0n) is 18.2. The van der Waals surface area contributed by atoms with Gasteiger partial charge in [-0.3, -0.25) is 14.9 Å². The van der Waals surface area contributed by atoms with Gasteiger partial charge in [-0.05, 0) is 49.9 Å². The van der Waals surface area contributed by atoms with Crippen molar-refractivity contribution in [3.63, 3.8) is 0 Å². The van der Waals surface area contributed by atoms with Crippen LogP contribution in [0.1, 0.15) is 55.3 Å². The van der Waals surface area contributed by atoms with Crippen LogP contribution in [0.3, 0.4) is 0 Å². The Labute approximate surface area is 201 Å². The Morgan fingerprint density at radius 2 is 1.73 bits per heavy atom. The number of amides is 2. The van der Waals surface area contributed by atoms with Crippen LogP contribution in [0.4, 0.5) is 5.13 Å². The highest BCUT2D eigenvalue weighted by Gasteiger charge is 2.27. The molecule has 1 saturated heterocycles. The number of rotatable bonds is 8. The number of hydrogen-bond donors (Lipinski definition) is 2. The highest BCUT2D eigenvalue weighted by molar-refractivity contribution is 8.01. The van der Waals surface area contributed by atoms with E-state index in [2.05, 4.69) is 20.8 Å². The molecule has 0 bridgehead atoms. The maximum atomic E-state index is 12.6. The Morgan fingerprint density at radius 1 is 1.03 bits per heavy atom. The maximum Gasteiger partial charge on any atom is 0.257 e. The number of hydrogen-bond acceptors (Lipinski definition) is 8. The molecule has 2 fully saturated rings. The molecule has 2 aliphatic rings. The predicted octanol–water partition coefficient (Wildman–Crippen LogP) is 3.12. The molecule has 0 atom stereocenters. The summed E-state index contributed by atoms with van der Waals surface area (Å²) in [6.07, 6.45) is 7.37. The quantitative estimate of drug-likeness (QED) is 0.414. The van der Waals surface area contributed by atoms with Crippen LogP contribution < -0.4 is 10.6 Å². The van der Waals surface area contributed by atoms with Crippen molar-refractivity contribution in [2.75, 3.05) is 24.2 Å². The number of carbonyl (C=O) groups excluding carboxylic acids is 2. The van der Waals surface area contributed by atoms with E-state index in [-0.39, 0.29) is 22.6 Å². The standard InChI is InChI=1S/C21H27N5O4S3/c27-18(22-16-6-2-1-3-7-16)14-31-21-25-24-20(32-21)23-19(28)15-8-10-17(11-9-15)33(29,30)26-12-4-5-13-26/h8-11,16H,1-7,12-14H2,(H,22,27)(H,23,24,28). The summed E-state index contributed by atoms with van der Waals surface area (Å²) in [5.41, 5.74) is 0.326. The normalized spacial score (nSPS) is 17.7. The summed E-state index contributed by atoms with van der Waals surface area (Å²) < 4.78 is 27.3. The number of benzene rings is 1. The number of aromatic nitrogens is 2. The monoisotopic (exact) mass is 509 g/mol. The topological polar surface area (TPSA) is 121 Å². The van der Waals surface area contributed by atoms with Crippen molar-refractivity contribution in [2.45, 2.75) is 60.2 Å². The minimum Gasteiger partial charge on any atom is -0.353 e. The molecular formula is C21H27N5O4S3. The second-order valence-electron chi connectivity index (χ2n) is 8.15. The highest BCUT2D eigenvalue weighted by atomic mass is 32.2. The van der Waals surface area contributed by atoms with Gasteiger partial charge in [0.25, 0.3) is 5.91 Å². The van der Waals surface area contributed by atoms with E-state index in [1.807, 2.05) is 0 Å². The summed E-state index contributed by atoms with van der Waals surface area (Å²) in [5.74, 6) is -0.161. The van der Waals surface area contributed by atoms with Crippen LogP contribution in [0.25, 0.3) is 0 Å². The number of carbonyl (C=O) groups is 2. The first-order valence-corrected chi connectivity index (χ1v) is 14.3. The highest BCUT2D eigenvalue weighted by Crippen LogP contribution is 2.26. The summed E-state index contributed by atoms with van der Waals surface area (Å²) in [6.45, 7) is 1.06. The molecule has 1 aliphatic carbocycles. The van der Waals surface area contributed by atoms with Gasteiger partial charge in [0.05, 0.1) is 10.6 Å². The fourth-order valence-corrected chi connectivity index (χ4v) is 7.06. The molecule has 9 nitrogen and oxygen atoms in total. The smallest absolute Gasteiger partial charge is 0.257 e. The predicted molar refractivity (Wildman–Crippen MR) is 128 cm³/mol. The van der Waals surface area contributed by atoms with Crippen LogP contribution in [-0.2, 0) is 14.8 Å². The summed E-state index contributed by atoms with van der Waals surface area (Å²) in [5, 5.41) is 14.1. The molecule has 1 aromatic heterocycles. The van der Waals surface area contributed by atoms with E-state index in [9.17, 15) is 18.0 Å². The number of nitrogens with one attached hydrogen (secondary N) is 2. The third kappa shape index (κ3) is 6.31. The zero-order valence-corrected chi connectivity index (χ0v) is 20.6. The Kier molecular flexibility index (Phi) is 7.99. The molecule has 2 amide bonds. The summed E-state index contributed by atoms with van der Waals surface area (Å²) in [4.78, 5) is 24.9. The molecule has 2 N–H and O–H groups in total. The molecule has 4 rings (SSSR count). The van der Waals surface area contributed by atoms with Crippen molar-refractivity contribution in [3.05, 3.63) is 29.8 Å². The molecular weight excluding hydrogens is 482 g/mol. The van der Waals surface area contributed by atoms with Crippen LogP contribution in [0.2, 0.25) is 0 Å². The van der Waals surface area contributed by atoms with Crippen molar-refractivity contribution in [1.29, 1.82) is 0 Å². The molecule has 1 aromatic carbocycles. The molecule has 178 valence electrons. The van der Waals surface area contributed by atoms with E-state index in [0.29, 0.717) is 28.1 Å². The third-order valence-electron chi connectivity index (χ3n) is 5.74. The Hall–Kier alpha value is -2.02. The van der Waals surface area contributed by atoms with Gasteiger partial charge in [0.15, 0.2) is 4.34 Å². The Morgan fingerprint density at radius 3 is 2.42 bits per heavy atom. The van der Waals surface area contributed by atoms with Gasteiger partial charge in [-0.2, -0.15) is 4.31 Å². The molecule has 1 saturated carbocycles. The number of nitrogens with zero attached hydrogens (tertiary/aromatic N) is 3. The number of thioether (sulfide) groups is 1. The first kappa shape index (κ1) is 24.1. The van der Waals surface area contributed by atoms with Crippen molar-refractivity contribution in [3.8, 4) is 0 Å². The Bertz CT molecular complexity index is 1080. The van der Waals surface area contributed by atoms with Crippen molar-refractivity contribution in [1.82, 2.24) is 19.8 Å². The molecule has 1 aliphatic heterocycles. The molecule has 0 radical (unpaired) electrons. The molecule has 2 heterocycles. The summed E-state index contributed by atoms with van der Waals surface area (Å²) in [6, 6.07) is 6.16. The lowest BCUT2D eigenvalue weighted by Gasteiger charge is -2.22. The maximum absolute atomic E-state index is 12.6. The van der Waals surface area contributed by atoms with Gasteiger partial charge in [-0.25, -0.2) is 8.42 Å². The first-order valence-electron chi connectivity index (χ1n) is 11.1. The van der Waals surface area contributed by atoms with E-state index >= 15 is 0 Å². The van der Waals surface area contributed by atoms with Gasteiger partial charge in [0.2, 0.25) is 21.1 Å². The Balaban J connectivity index is 1.28. The van der Waals surface area contributed by atoms with E-state index in [1.165, 1.54) is 58.1 Å². The third-order valence-corrected chi connectivity index (χ3v) is 9.63. The van der Waals surface area contributed by atoms with Crippen LogP contribution in [0, 0.1) is 0 Å². The van der Waals surface area contributed by atoms with Crippen LogP contribution in [-0.4, -0.2) is 59.6 Å². The average molecular weight is 510 g/mol. The van der Waals surface area contributed by atoms with Crippen LogP contribution in [0.5, 0.6) is 0 Å². The minimum atomic E-state index is -3.51. The fraction of sp³-hybridized carbons (Fsp3) is 0.524. The number of anilines is 1. The van der Waals surface area contributed by atoms with Gasteiger partial charge >= 0.3 is 0 Å². The SMILES string of the molecule is O=C(CSc1nnc(NC(=O)c2ccc(S(=O)(=O)N3CCCC3)cc2)s1)NC1CCCCC1. The van der Waals surface area contributed by atoms with Crippen LogP contribution >= 0.6 is 23.1 Å².